The molecule has 1 nitrogen and oxygen atoms in total. The molecule has 1 saturated carbocycles. The summed E-state index contributed by atoms with van der Waals surface area (Å²) >= 11 is 0. The summed E-state index contributed by atoms with van der Waals surface area (Å²) in [6.07, 6.45) is 8.08. The minimum absolute atomic E-state index is 0.373. The van der Waals surface area contributed by atoms with Gasteiger partial charge in [-0.1, -0.05) is 39.0 Å². The maximum Gasteiger partial charge on any atom is 0.0433 e. The summed E-state index contributed by atoms with van der Waals surface area (Å²) in [5, 5.41) is 8.77. The van der Waals surface area contributed by atoms with E-state index in [1.165, 1.54) is 32.1 Å². The highest BCUT2D eigenvalue weighted by Gasteiger charge is 2.18. The van der Waals surface area contributed by atoms with E-state index in [-0.39, 0.29) is 0 Å². The molecule has 11 heavy (non-hydrogen) atoms. The van der Waals surface area contributed by atoms with Crippen molar-refractivity contribution in [2.45, 2.75) is 45.4 Å². The number of rotatable bonds is 3. The van der Waals surface area contributed by atoms with E-state index >= 15 is 0 Å². The fourth-order valence-electron chi connectivity index (χ4n) is 2.14. The third-order valence-corrected chi connectivity index (χ3v) is 3.04. The second-order valence-corrected chi connectivity index (χ2v) is 3.89. The fourth-order valence-corrected chi connectivity index (χ4v) is 2.14. The van der Waals surface area contributed by atoms with Crippen molar-refractivity contribution >= 4 is 0 Å². The van der Waals surface area contributed by atoms with Crippen molar-refractivity contribution in [1.82, 2.24) is 0 Å². The maximum absolute atomic E-state index is 8.77. The average Bonchev–Trinajstić information content (AvgIpc) is 2.07. The molecule has 1 aliphatic rings. The first-order chi connectivity index (χ1) is 5.34. The molecule has 0 amide bonds. The first-order valence-electron chi connectivity index (χ1n) is 4.95. The van der Waals surface area contributed by atoms with Crippen molar-refractivity contribution in [3.05, 3.63) is 0 Å². The highest BCUT2D eigenvalue weighted by Crippen LogP contribution is 2.30. The van der Waals surface area contributed by atoms with Gasteiger partial charge in [0.15, 0.2) is 0 Å². The number of hydrogen-bond donors (Lipinski definition) is 1. The van der Waals surface area contributed by atoms with Gasteiger partial charge in [-0.2, -0.15) is 0 Å². The summed E-state index contributed by atoms with van der Waals surface area (Å²) in [4.78, 5) is 0. The second kappa shape index (κ2) is 4.76. The quantitative estimate of drug-likeness (QED) is 0.666. The summed E-state index contributed by atoms with van der Waals surface area (Å²) in [6, 6.07) is 0. The Labute approximate surface area is 69.8 Å². The molecule has 0 aromatic carbocycles. The largest absolute Gasteiger partial charge is 0.396 e. The first kappa shape index (κ1) is 9.05. The summed E-state index contributed by atoms with van der Waals surface area (Å²) in [6.45, 7) is 2.66. The van der Waals surface area contributed by atoms with Crippen molar-refractivity contribution in [1.29, 1.82) is 0 Å². The van der Waals surface area contributed by atoms with Crippen molar-refractivity contribution < 1.29 is 5.11 Å². The number of aliphatic hydroxyl groups excluding tert-OH is 1. The Morgan fingerprint density at radius 2 is 1.91 bits per heavy atom. The molecular weight excluding hydrogens is 136 g/mol. The molecule has 1 unspecified atom stereocenters. The number of aliphatic hydroxyl groups is 1. The Morgan fingerprint density at radius 3 is 2.45 bits per heavy atom. The zero-order valence-corrected chi connectivity index (χ0v) is 7.55. The van der Waals surface area contributed by atoms with E-state index in [4.69, 9.17) is 5.11 Å². The van der Waals surface area contributed by atoms with Crippen LogP contribution in [-0.2, 0) is 0 Å². The minimum atomic E-state index is 0.373. The lowest BCUT2D eigenvalue weighted by atomic mass is 9.80. The molecule has 0 radical (unpaired) electrons. The van der Waals surface area contributed by atoms with Crippen LogP contribution in [0.3, 0.4) is 0 Å². The second-order valence-electron chi connectivity index (χ2n) is 3.89. The lowest BCUT2D eigenvalue weighted by Gasteiger charge is -2.26. The van der Waals surface area contributed by atoms with E-state index in [1.54, 1.807) is 0 Å². The summed E-state index contributed by atoms with van der Waals surface area (Å²) in [5.41, 5.74) is 0. The van der Waals surface area contributed by atoms with Gasteiger partial charge in [-0.25, -0.2) is 0 Å². The van der Waals surface area contributed by atoms with E-state index in [1.807, 2.05) is 0 Å². The van der Waals surface area contributed by atoms with Crippen LogP contribution in [0.15, 0.2) is 0 Å². The molecule has 0 aromatic heterocycles. The van der Waals surface area contributed by atoms with Crippen LogP contribution in [0.2, 0.25) is 0 Å². The zero-order valence-electron chi connectivity index (χ0n) is 7.55. The average molecular weight is 156 g/mol. The van der Waals surface area contributed by atoms with Gasteiger partial charge in [0.2, 0.25) is 0 Å². The first-order valence-corrected chi connectivity index (χ1v) is 4.95. The minimum Gasteiger partial charge on any atom is -0.396 e. The Balaban J connectivity index is 2.21. The van der Waals surface area contributed by atoms with Crippen LogP contribution in [-0.4, -0.2) is 11.7 Å². The monoisotopic (exact) mass is 156 g/mol. The van der Waals surface area contributed by atoms with E-state index in [0.717, 1.165) is 18.3 Å². The van der Waals surface area contributed by atoms with Gasteiger partial charge in [0.1, 0.15) is 0 Å². The Hall–Kier alpha value is -0.0400. The van der Waals surface area contributed by atoms with Gasteiger partial charge in [-0.3, -0.25) is 0 Å². The van der Waals surface area contributed by atoms with Crippen LogP contribution < -0.4 is 0 Å². The van der Waals surface area contributed by atoms with Crippen molar-refractivity contribution in [3.8, 4) is 0 Å². The molecule has 1 heteroatoms. The third-order valence-electron chi connectivity index (χ3n) is 3.04. The SMILES string of the molecule is CC(CCO)C1CCCCC1. The van der Waals surface area contributed by atoms with Crippen molar-refractivity contribution in [2.24, 2.45) is 11.8 Å². The van der Waals surface area contributed by atoms with Crippen LogP contribution in [0.25, 0.3) is 0 Å². The molecule has 1 atom stereocenters. The van der Waals surface area contributed by atoms with Gasteiger partial charge in [0.05, 0.1) is 0 Å². The van der Waals surface area contributed by atoms with E-state index in [2.05, 4.69) is 6.92 Å². The normalized spacial score (nSPS) is 23.5. The van der Waals surface area contributed by atoms with Gasteiger partial charge in [-0.05, 0) is 18.3 Å². The summed E-state index contributed by atoms with van der Waals surface area (Å²) < 4.78 is 0. The topological polar surface area (TPSA) is 20.2 Å². The van der Waals surface area contributed by atoms with Crippen LogP contribution in [0, 0.1) is 11.8 Å². The lowest BCUT2D eigenvalue weighted by Crippen LogP contribution is -2.16. The van der Waals surface area contributed by atoms with Gasteiger partial charge in [0.25, 0.3) is 0 Å². The highest BCUT2D eigenvalue weighted by atomic mass is 16.3. The molecule has 0 heterocycles. The molecule has 1 aliphatic carbocycles. The third kappa shape index (κ3) is 2.82. The van der Waals surface area contributed by atoms with Gasteiger partial charge in [-0.15, -0.1) is 0 Å². The molecule has 0 bridgehead atoms. The van der Waals surface area contributed by atoms with Crippen LogP contribution in [0.5, 0.6) is 0 Å². The van der Waals surface area contributed by atoms with Crippen LogP contribution in [0.4, 0.5) is 0 Å². The molecule has 66 valence electrons. The van der Waals surface area contributed by atoms with Crippen molar-refractivity contribution in [3.63, 3.8) is 0 Å². The fraction of sp³-hybridized carbons (Fsp3) is 1.00. The smallest absolute Gasteiger partial charge is 0.0433 e. The maximum atomic E-state index is 8.77. The standard InChI is InChI=1S/C10H20O/c1-9(7-8-11)10-5-3-2-4-6-10/h9-11H,2-8H2,1H3. The molecule has 0 spiro atoms. The van der Waals surface area contributed by atoms with Crippen molar-refractivity contribution in [2.75, 3.05) is 6.61 Å². The van der Waals surface area contributed by atoms with Gasteiger partial charge >= 0.3 is 0 Å². The predicted molar refractivity (Wildman–Crippen MR) is 47.4 cm³/mol. The molecule has 1 N–H and O–H groups in total. The Kier molecular flexibility index (Phi) is 3.92. The molecule has 0 saturated heterocycles. The molecule has 0 aliphatic heterocycles. The van der Waals surface area contributed by atoms with E-state index in [0.29, 0.717) is 6.61 Å². The van der Waals surface area contributed by atoms with E-state index in [9.17, 15) is 0 Å². The van der Waals surface area contributed by atoms with Gasteiger partial charge in [0, 0.05) is 6.61 Å². The molecular formula is C10H20O. The zero-order chi connectivity index (χ0) is 8.10. The molecule has 0 aromatic rings. The Morgan fingerprint density at radius 1 is 1.27 bits per heavy atom. The van der Waals surface area contributed by atoms with Gasteiger partial charge < -0.3 is 5.11 Å². The Bertz CT molecular complexity index is 95.0. The summed E-state index contributed by atoms with van der Waals surface area (Å²) in [5.74, 6) is 1.66. The van der Waals surface area contributed by atoms with Crippen LogP contribution >= 0.6 is 0 Å². The van der Waals surface area contributed by atoms with Crippen LogP contribution in [0.1, 0.15) is 45.4 Å². The highest BCUT2D eigenvalue weighted by molar-refractivity contribution is 4.70. The summed E-state index contributed by atoms with van der Waals surface area (Å²) in [7, 11) is 0. The lowest BCUT2D eigenvalue weighted by molar-refractivity contribution is 0.199. The van der Waals surface area contributed by atoms with E-state index < -0.39 is 0 Å². The number of hydrogen-bond acceptors (Lipinski definition) is 1. The molecule has 1 rings (SSSR count). The predicted octanol–water partition coefficient (Wildman–Crippen LogP) is 2.59. The molecule has 1 fully saturated rings.